The van der Waals surface area contributed by atoms with Crippen LogP contribution in [0.2, 0.25) is 18.6 Å². The van der Waals surface area contributed by atoms with E-state index in [1.807, 2.05) is 49.4 Å². The van der Waals surface area contributed by atoms with Crippen LogP contribution in [0.1, 0.15) is 68.2 Å². The van der Waals surface area contributed by atoms with Gasteiger partial charge in [-0.1, -0.05) is 42.5 Å². The summed E-state index contributed by atoms with van der Waals surface area (Å²) in [6.07, 6.45) is 4.65. The highest BCUT2D eigenvalue weighted by Gasteiger charge is 2.66. The molecular weight excluding hydrogens is 684 g/mol. The van der Waals surface area contributed by atoms with Crippen molar-refractivity contribution in [1.29, 1.82) is 0 Å². The van der Waals surface area contributed by atoms with Crippen LogP contribution in [0.4, 0.5) is 15.5 Å². The number of halogens is 1. The van der Waals surface area contributed by atoms with Gasteiger partial charge >= 0.3 is 5.97 Å². The zero-order chi connectivity index (χ0) is 37.0. The Bertz CT molecular complexity index is 1730. The van der Waals surface area contributed by atoms with E-state index in [0.29, 0.717) is 61.5 Å². The van der Waals surface area contributed by atoms with Gasteiger partial charge in [-0.25, -0.2) is 0 Å². The first-order valence-electron chi connectivity index (χ1n) is 18.4. The number of esters is 1. The molecule has 0 bridgehead atoms. The molecule has 3 N–H and O–H groups in total. The number of hydrogen-bond acceptors (Lipinski definition) is 9. The van der Waals surface area contributed by atoms with Gasteiger partial charge in [0.25, 0.3) is 5.91 Å². The summed E-state index contributed by atoms with van der Waals surface area (Å²) in [5, 5.41) is 25.2. The highest BCUT2D eigenvalue weighted by Crippen LogP contribution is 2.60. The van der Waals surface area contributed by atoms with E-state index in [4.69, 9.17) is 9.47 Å². The first kappa shape index (κ1) is 37.8. The third-order valence-electron chi connectivity index (χ3n) is 11.1. The molecule has 1 spiro atoms. The maximum absolute atomic E-state index is 16.5. The van der Waals surface area contributed by atoms with Crippen LogP contribution in [-0.2, 0) is 36.0 Å². The summed E-state index contributed by atoms with van der Waals surface area (Å²) in [6, 6.07) is 15.1. The number of piperidine rings is 1. The number of rotatable bonds is 14. The lowest BCUT2D eigenvalue weighted by Gasteiger charge is -2.31. The summed E-state index contributed by atoms with van der Waals surface area (Å²) in [7, 11) is -2.08. The minimum atomic E-state index is -3.43. The highest BCUT2D eigenvalue weighted by molar-refractivity contribution is 6.72. The number of ether oxygens (including phenoxy) is 2. The lowest BCUT2D eigenvalue weighted by atomic mass is 9.82. The summed E-state index contributed by atoms with van der Waals surface area (Å²) in [4.78, 5) is 41.5. The molecule has 3 aliphatic heterocycles. The maximum atomic E-state index is 16.5. The molecule has 1 aromatic heterocycles. The zero-order valence-corrected chi connectivity index (χ0v) is 31.5. The second kappa shape index (κ2) is 15.9. The Labute approximate surface area is 305 Å². The second-order valence-electron chi connectivity index (χ2n) is 14.9. The Kier molecular flexibility index (Phi) is 11.6. The van der Waals surface area contributed by atoms with Gasteiger partial charge in [-0.3, -0.25) is 19.1 Å². The van der Waals surface area contributed by atoms with Crippen molar-refractivity contribution in [2.24, 2.45) is 11.8 Å². The van der Waals surface area contributed by atoms with Crippen LogP contribution in [0.15, 0.2) is 54.7 Å². The number of carbonyl (C=O) groups excluding carboxylic acids is 3. The zero-order valence-electron chi connectivity index (χ0n) is 30.5. The van der Waals surface area contributed by atoms with Gasteiger partial charge < -0.3 is 34.2 Å². The number of methoxy groups -OCH3 is 1. The Hall–Kier alpha value is -3.98. The molecule has 0 radical (unpaired) electrons. The van der Waals surface area contributed by atoms with Gasteiger partial charge in [0.15, 0.2) is 5.60 Å². The Balaban J connectivity index is 1.28. The fraction of sp³-hybridized carbons (Fsp3) is 0.553. The molecule has 2 fully saturated rings. The monoisotopic (exact) mass is 734 g/mol. The van der Waals surface area contributed by atoms with Gasteiger partial charge in [-0.15, -0.1) is 5.10 Å². The summed E-state index contributed by atoms with van der Waals surface area (Å²) in [5.74, 6) is -1.64. The van der Waals surface area contributed by atoms with E-state index in [-0.39, 0.29) is 42.6 Å². The van der Waals surface area contributed by atoms with Gasteiger partial charge in [0, 0.05) is 55.0 Å². The van der Waals surface area contributed by atoms with Crippen molar-refractivity contribution < 1.29 is 33.1 Å². The van der Waals surface area contributed by atoms with Gasteiger partial charge in [0.1, 0.15) is 0 Å². The van der Waals surface area contributed by atoms with Crippen LogP contribution in [0.3, 0.4) is 0 Å². The van der Waals surface area contributed by atoms with Crippen LogP contribution in [0.5, 0.6) is 0 Å². The number of aliphatic hydroxyl groups excluding tert-OH is 1. The van der Waals surface area contributed by atoms with E-state index in [1.54, 1.807) is 34.9 Å². The van der Waals surface area contributed by atoms with Gasteiger partial charge in [0.05, 0.1) is 43.0 Å². The number of hydrogen-bond donors (Lipinski definition) is 3. The molecule has 6 rings (SSSR count). The first-order chi connectivity index (χ1) is 25.0. The van der Waals surface area contributed by atoms with E-state index >= 15 is 4.11 Å². The summed E-state index contributed by atoms with van der Waals surface area (Å²) in [6.45, 7) is 7.35. The number of nitrogens with zero attached hydrogens (tertiary/aromatic N) is 4. The lowest BCUT2D eigenvalue weighted by Crippen LogP contribution is -2.45. The van der Waals surface area contributed by atoms with Crippen LogP contribution < -0.4 is 15.5 Å². The largest absolute Gasteiger partial charge is 0.469 e. The number of aromatic nitrogens is 3. The molecule has 2 aromatic carbocycles. The predicted molar refractivity (Wildman–Crippen MR) is 197 cm³/mol. The SMILES string of the molecule is COC(=O)CCCCN1C(=O)[C@]2(O[C@H](CCn3cc(C(CO)c4ccccc4)nn3)[C@@H]([Si](C)(C)F)[C@@H]2C)c2cc(NC(=O)C3CCCNC3)ccc21. The average molecular weight is 735 g/mol. The third-order valence-corrected chi connectivity index (χ3v) is 13.5. The standard InChI is InChI=1S/C38H51FN6O6Si/c1-25-35(52(3,4)39)33(17-20-44-23-31(42-43-44)29(24-46)26-11-6-5-7-12-26)51-38(25)30-21-28(41-36(48)27-13-10-18-40-22-27)15-16-32(30)45(37(38)49)19-9-8-14-34(47)50-2/h5-7,11-12,15-16,21,23,25,27,29,33,35,40,46H,8-10,13-14,17-20,22,24H2,1-4H3,(H,41,48)/t25-,27?,29?,33+,35-,38+/m0/s1. The third kappa shape index (κ3) is 7.57. The molecule has 14 heteroatoms. The number of aliphatic hydroxyl groups is 1. The minimum absolute atomic E-state index is 0.0819. The van der Waals surface area contributed by atoms with Crippen LogP contribution in [0.25, 0.3) is 0 Å². The first-order valence-corrected chi connectivity index (χ1v) is 21.4. The summed E-state index contributed by atoms with van der Waals surface area (Å²) in [5.41, 5.74) is 1.43. The molecule has 280 valence electrons. The molecule has 3 aliphatic rings. The number of fused-ring (bicyclic) bond motifs is 2. The molecule has 2 saturated heterocycles. The molecular formula is C38H51FN6O6Si. The molecule has 2 unspecified atom stereocenters. The van der Waals surface area contributed by atoms with Crippen molar-refractivity contribution in [2.45, 2.75) is 88.3 Å². The molecule has 52 heavy (non-hydrogen) atoms. The average Bonchev–Trinajstić information content (AvgIpc) is 3.80. The number of benzene rings is 2. The lowest BCUT2D eigenvalue weighted by molar-refractivity contribution is -0.146. The van der Waals surface area contributed by atoms with Crippen LogP contribution in [-0.4, -0.2) is 85.7 Å². The quantitative estimate of drug-likeness (QED) is 0.0911. The number of nitrogens with one attached hydrogen (secondary N) is 2. The minimum Gasteiger partial charge on any atom is -0.469 e. The molecule has 0 aliphatic carbocycles. The van der Waals surface area contributed by atoms with Gasteiger partial charge in [-0.2, -0.15) is 0 Å². The molecule has 6 atom stereocenters. The van der Waals surface area contributed by atoms with E-state index in [0.717, 1.165) is 24.9 Å². The summed E-state index contributed by atoms with van der Waals surface area (Å²) < 4.78 is 29.9. The number of aryl methyl sites for hydroxylation is 1. The number of unbranched alkanes of at least 4 members (excludes halogenated alkanes) is 1. The van der Waals surface area contributed by atoms with Crippen molar-refractivity contribution in [3.8, 4) is 0 Å². The van der Waals surface area contributed by atoms with E-state index in [2.05, 4.69) is 20.9 Å². The summed E-state index contributed by atoms with van der Waals surface area (Å²) >= 11 is 0. The van der Waals surface area contributed by atoms with E-state index in [9.17, 15) is 19.5 Å². The maximum Gasteiger partial charge on any atom is 0.305 e. The predicted octanol–water partition coefficient (Wildman–Crippen LogP) is 4.90. The van der Waals surface area contributed by atoms with E-state index < -0.39 is 31.6 Å². The topological polar surface area (TPSA) is 148 Å². The normalized spacial score (nSPS) is 25.0. The molecule has 0 saturated carbocycles. The molecule has 2 amide bonds. The molecule has 3 aromatic rings. The van der Waals surface area contributed by atoms with E-state index in [1.165, 1.54) is 7.11 Å². The fourth-order valence-corrected chi connectivity index (χ4v) is 11.0. The van der Waals surface area contributed by atoms with Gasteiger partial charge in [-0.05, 0) is 75.5 Å². The van der Waals surface area contributed by atoms with Crippen molar-refractivity contribution in [1.82, 2.24) is 20.3 Å². The van der Waals surface area contributed by atoms with Crippen molar-refractivity contribution in [3.05, 3.63) is 71.5 Å². The Morgan fingerprint density at radius 3 is 2.67 bits per heavy atom. The van der Waals surface area contributed by atoms with Gasteiger partial charge in [0.2, 0.25) is 14.3 Å². The molecule has 12 nitrogen and oxygen atoms in total. The molecule has 4 heterocycles. The van der Waals surface area contributed by atoms with Crippen LogP contribution >= 0.6 is 0 Å². The highest BCUT2D eigenvalue weighted by atomic mass is 28.4. The Morgan fingerprint density at radius 2 is 1.98 bits per heavy atom. The second-order valence-corrected chi connectivity index (χ2v) is 18.7. The fourth-order valence-electron chi connectivity index (χ4n) is 8.48. The number of amides is 2. The van der Waals surface area contributed by atoms with Crippen molar-refractivity contribution in [3.63, 3.8) is 0 Å². The number of carbonyl (C=O) groups is 3. The Morgan fingerprint density at radius 1 is 1.19 bits per heavy atom. The van der Waals surface area contributed by atoms with Crippen molar-refractivity contribution >= 4 is 37.6 Å². The number of anilines is 2. The van der Waals surface area contributed by atoms with Crippen LogP contribution in [0, 0.1) is 11.8 Å². The van der Waals surface area contributed by atoms with Crippen molar-refractivity contribution in [2.75, 3.05) is 43.6 Å². The smallest absolute Gasteiger partial charge is 0.305 e.